The molecule has 0 unspecified atom stereocenters. The standard InChI is InChI=1S/C20H29ClFN5O5/c1-12(2)9-15(19(30)26-27(8-7-16(23)28)20(31)18(21)22)25-17(29)11-24-13-5-4-6-14(10-13)32-3/h4-6,10,12,15,18,24H,7-9,11H2,1-3H3,(H2,23,28)(H,25,29)(H,26,30)/t15-,18+/m0/s1. The predicted octanol–water partition coefficient (Wildman–Crippen LogP) is 0.908. The first kappa shape index (κ1) is 27.0. The van der Waals surface area contributed by atoms with Crippen LogP contribution in [0, 0.1) is 5.92 Å². The maximum Gasteiger partial charge on any atom is 0.291 e. The second-order valence-electron chi connectivity index (χ2n) is 7.32. The zero-order valence-electron chi connectivity index (χ0n) is 18.2. The van der Waals surface area contributed by atoms with E-state index in [9.17, 15) is 23.6 Å². The maximum atomic E-state index is 13.3. The van der Waals surface area contributed by atoms with Gasteiger partial charge in [-0.1, -0.05) is 31.5 Å². The van der Waals surface area contributed by atoms with Crippen LogP contribution in [0.5, 0.6) is 5.75 Å². The number of amides is 4. The third-order valence-electron chi connectivity index (χ3n) is 4.16. The number of carbonyl (C=O) groups excluding carboxylic acids is 4. The van der Waals surface area contributed by atoms with Crippen LogP contribution in [0.15, 0.2) is 24.3 Å². The number of nitrogens with one attached hydrogen (secondary N) is 3. The number of hydrogen-bond donors (Lipinski definition) is 4. The van der Waals surface area contributed by atoms with Gasteiger partial charge in [0, 0.05) is 18.2 Å². The number of nitrogens with two attached hydrogens (primary N) is 1. The van der Waals surface area contributed by atoms with Crippen LogP contribution >= 0.6 is 11.6 Å². The fourth-order valence-electron chi connectivity index (χ4n) is 2.64. The summed E-state index contributed by atoms with van der Waals surface area (Å²) in [6.07, 6.45) is -0.0736. The normalized spacial score (nSPS) is 12.4. The van der Waals surface area contributed by atoms with Gasteiger partial charge in [0.25, 0.3) is 17.4 Å². The molecule has 0 saturated heterocycles. The van der Waals surface area contributed by atoms with E-state index in [4.69, 9.17) is 22.1 Å². The molecular weight excluding hydrogens is 445 g/mol. The Balaban J connectivity index is 2.80. The lowest BCUT2D eigenvalue weighted by molar-refractivity contribution is -0.145. The molecule has 0 radical (unpaired) electrons. The molecule has 0 aliphatic rings. The van der Waals surface area contributed by atoms with Gasteiger partial charge in [0.05, 0.1) is 20.2 Å². The van der Waals surface area contributed by atoms with Gasteiger partial charge in [-0.15, -0.1) is 0 Å². The predicted molar refractivity (Wildman–Crippen MR) is 117 cm³/mol. The van der Waals surface area contributed by atoms with Gasteiger partial charge in [-0.2, -0.15) is 0 Å². The minimum absolute atomic E-state index is 0.00844. The van der Waals surface area contributed by atoms with Gasteiger partial charge in [-0.05, 0) is 24.5 Å². The van der Waals surface area contributed by atoms with E-state index in [1.807, 2.05) is 13.8 Å². The van der Waals surface area contributed by atoms with E-state index in [1.165, 1.54) is 7.11 Å². The smallest absolute Gasteiger partial charge is 0.291 e. The van der Waals surface area contributed by atoms with Crippen molar-refractivity contribution >= 4 is 40.9 Å². The van der Waals surface area contributed by atoms with Gasteiger partial charge < -0.3 is 21.1 Å². The number of nitrogens with zero attached hydrogens (tertiary/aromatic N) is 1. The number of benzene rings is 1. The average Bonchev–Trinajstić information content (AvgIpc) is 2.73. The highest BCUT2D eigenvalue weighted by atomic mass is 35.5. The van der Waals surface area contributed by atoms with Gasteiger partial charge in [0.2, 0.25) is 11.8 Å². The summed E-state index contributed by atoms with van der Waals surface area (Å²) in [5, 5.41) is 6.08. The molecule has 0 fully saturated rings. The largest absolute Gasteiger partial charge is 0.497 e. The summed E-state index contributed by atoms with van der Waals surface area (Å²) in [6.45, 7) is 3.18. The van der Waals surface area contributed by atoms with Crippen molar-refractivity contribution in [2.45, 2.75) is 38.4 Å². The van der Waals surface area contributed by atoms with E-state index >= 15 is 0 Å². The van der Waals surface area contributed by atoms with Crippen molar-refractivity contribution in [3.63, 3.8) is 0 Å². The number of methoxy groups -OCH3 is 1. The maximum absolute atomic E-state index is 13.3. The van der Waals surface area contributed by atoms with E-state index in [2.05, 4.69) is 16.1 Å². The lowest BCUT2D eigenvalue weighted by Crippen LogP contribution is -2.56. The Bertz CT molecular complexity index is 808. The number of rotatable bonds is 12. The summed E-state index contributed by atoms with van der Waals surface area (Å²) >= 11 is 5.18. The molecule has 0 aromatic heterocycles. The van der Waals surface area contributed by atoms with Crippen LogP contribution in [0.25, 0.3) is 0 Å². The first-order valence-corrected chi connectivity index (χ1v) is 10.3. The zero-order valence-corrected chi connectivity index (χ0v) is 18.9. The molecule has 4 amide bonds. The van der Waals surface area contributed by atoms with Crippen molar-refractivity contribution in [2.24, 2.45) is 11.7 Å². The van der Waals surface area contributed by atoms with Gasteiger partial charge in [0.15, 0.2) is 0 Å². The highest BCUT2D eigenvalue weighted by Gasteiger charge is 2.28. The number of alkyl halides is 2. The third-order valence-corrected chi connectivity index (χ3v) is 4.35. The summed E-state index contributed by atoms with van der Waals surface area (Å²) in [6, 6.07) is 5.93. The monoisotopic (exact) mass is 473 g/mol. The van der Waals surface area contributed by atoms with Crippen LogP contribution in [-0.4, -0.2) is 60.5 Å². The molecule has 0 heterocycles. The van der Waals surface area contributed by atoms with Crippen molar-refractivity contribution in [3.05, 3.63) is 24.3 Å². The molecule has 0 spiro atoms. The van der Waals surface area contributed by atoms with Gasteiger partial charge >= 0.3 is 0 Å². The highest BCUT2D eigenvalue weighted by molar-refractivity contribution is 6.29. The number of ether oxygens (including phenoxy) is 1. The molecular formula is C20H29ClFN5O5. The lowest BCUT2D eigenvalue weighted by Gasteiger charge is -2.27. The zero-order chi connectivity index (χ0) is 24.3. The van der Waals surface area contributed by atoms with Crippen LogP contribution in [0.2, 0.25) is 0 Å². The Hall–Kier alpha value is -3.08. The minimum atomic E-state index is -2.42. The molecule has 32 heavy (non-hydrogen) atoms. The van der Waals surface area contributed by atoms with Crippen LogP contribution < -0.4 is 26.5 Å². The van der Waals surface area contributed by atoms with Gasteiger partial charge in [-0.25, -0.2) is 9.40 Å². The topological polar surface area (TPSA) is 143 Å². The molecule has 0 bridgehead atoms. The van der Waals surface area contributed by atoms with Gasteiger partial charge in [0.1, 0.15) is 11.8 Å². The van der Waals surface area contributed by atoms with Crippen LogP contribution in [-0.2, 0) is 19.2 Å². The summed E-state index contributed by atoms with van der Waals surface area (Å²) in [4.78, 5) is 48.0. The Morgan fingerprint density at radius 1 is 1.25 bits per heavy atom. The lowest BCUT2D eigenvalue weighted by atomic mass is 10.0. The number of anilines is 1. The first-order valence-electron chi connectivity index (χ1n) is 9.89. The fraction of sp³-hybridized carbons (Fsp3) is 0.500. The molecule has 1 rings (SSSR count). The molecule has 0 aliphatic carbocycles. The minimum Gasteiger partial charge on any atom is -0.497 e. The van der Waals surface area contributed by atoms with Crippen molar-refractivity contribution in [3.8, 4) is 5.75 Å². The third kappa shape index (κ3) is 9.82. The number of carbonyl (C=O) groups is 4. The number of primary amides is 1. The molecule has 178 valence electrons. The van der Waals surface area contributed by atoms with Crippen LogP contribution in [0.3, 0.4) is 0 Å². The highest BCUT2D eigenvalue weighted by Crippen LogP contribution is 2.16. The summed E-state index contributed by atoms with van der Waals surface area (Å²) in [5.74, 6) is -2.63. The number of halogens is 2. The van der Waals surface area contributed by atoms with Crippen LogP contribution in [0.1, 0.15) is 26.7 Å². The van der Waals surface area contributed by atoms with E-state index in [-0.39, 0.29) is 31.8 Å². The number of hydrazine groups is 1. The quantitative estimate of drug-likeness (QED) is 0.262. The Kier molecular flexibility index (Phi) is 11.3. The fourth-order valence-corrected chi connectivity index (χ4v) is 2.75. The van der Waals surface area contributed by atoms with Crippen molar-refractivity contribution in [1.82, 2.24) is 15.8 Å². The van der Waals surface area contributed by atoms with Crippen molar-refractivity contribution in [1.29, 1.82) is 0 Å². The SMILES string of the molecule is COc1cccc(NCC(=O)N[C@@H](CC(C)C)C(=O)NN(CCC(N)=O)C(=O)[C@@H](F)Cl)c1. The van der Waals surface area contributed by atoms with Crippen molar-refractivity contribution < 1.29 is 28.3 Å². The number of hydrogen-bond acceptors (Lipinski definition) is 6. The van der Waals surface area contributed by atoms with Crippen LogP contribution in [0.4, 0.5) is 10.1 Å². The molecule has 2 atom stereocenters. The Morgan fingerprint density at radius 2 is 1.94 bits per heavy atom. The van der Waals surface area contributed by atoms with E-state index < -0.39 is 35.3 Å². The average molecular weight is 474 g/mol. The van der Waals surface area contributed by atoms with Gasteiger partial charge in [-0.3, -0.25) is 24.6 Å². The molecule has 5 N–H and O–H groups in total. The summed E-state index contributed by atoms with van der Waals surface area (Å²) in [7, 11) is 1.52. The molecule has 0 aliphatic heterocycles. The molecule has 12 heteroatoms. The Labute approximate surface area is 190 Å². The molecule has 1 aromatic rings. The summed E-state index contributed by atoms with van der Waals surface area (Å²) < 4.78 is 18.4. The second-order valence-corrected chi connectivity index (χ2v) is 7.70. The molecule has 10 nitrogen and oxygen atoms in total. The Morgan fingerprint density at radius 3 is 2.50 bits per heavy atom. The van der Waals surface area contributed by atoms with Crippen molar-refractivity contribution in [2.75, 3.05) is 25.5 Å². The molecule has 0 saturated carbocycles. The second kappa shape index (κ2) is 13.4. The first-order chi connectivity index (χ1) is 15.0. The van der Waals surface area contributed by atoms with E-state index in [1.54, 1.807) is 24.3 Å². The van der Waals surface area contributed by atoms with E-state index in [0.29, 0.717) is 16.4 Å². The van der Waals surface area contributed by atoms with E-state index in [0.717, 1.165) is 0 Å². The summed E-state index contributed by atoms with van der Waals surface area (Å²) in [5.41, 5.74) is 5.48. The molecule has 1 aromatic carbocycles.